The Morgan fingerprint density at radius 2 is 1.63 bits per heavy atom. The summed E-state index contributed by atoms with van der Waals surface area (Å²) in [7, 11) is 5.60. The summed E-state index contributed by atoms with van der Waals surface area (Å²) in [6.07, 6.45) is 0.953. The van der Waals surface area contributed by atoms with Crippen molar-refractivity contribution in [1.82, 2.24) is 10.2 Å². The maximum absolute atomic E-state index is 12.7. The van der Waals surface area contributed by atoms with E-state index in [1.54, 1.807) is 31.4 Å². The molecule has 0 bridgehead atoms. The minimum atomic E-state index is -0.694. The molecule has 0 fully saturated rings. The van der Waals surface area contributed by atoms with Crippen LogP contribution in [0.1, 0.15) is 22.7 Å². The molecule has 0 spiro atoms. The van der Waals surface area contributed by atoms with Gasteiger partial charge in [-0.2, -0.15) is 0 Å². The lowest BCUT2D eigenvalue weighted by Crippen LogP contribution is -2.43. The van der Waals surface area contributed by atoms with E-state index in [0.717, 1.165) is 30.8 Å². The van der Waals surface area contributed by atoms with E-state index in [1.165, 1.54) is 11.1 Å². The second-order valence-electron chi connectivity index (χ2n) is 8.88. The Kier molecular flexibility index (Phi) is 7.67. The minimum Gasteiger partial charge on any atom is -0.497 e. The molecule has 0 aliphatic carbocycles. The third-order valence-corrected chi connectivity index (χ3v) is 6.41. The van der Waals surface area contributed by atoms with Crippen LogP contribution in [0.4, 0.5) is 11.4 Å². The number of fused-ring (bicyclic) bond motifs is 1. The molecule has 4 rings (SSSR count). The summed E-state index contributed by atoms with van der Waals surface area (Å²) in [6, 6.07) is 23.6. The van der Waals surface area contributed by atoms with E-state index in [0.29, 0.717) is 18.0 Å². The molecule has 35 heavy (non-hydrogen) atoms. The van der Waals surface area contributed by atoms with E-state index in [-0.39, 0.29) is 6.04 Å². The van der Waals surface area contributed by atoms with Crippen LogP contribution in [0.25, 0.3) is 0 Å². The van der Waals surface area contributed by atoms with Crippen molar-refractivity contribution in [2.24, 2.45) is 0 Å². The minimum absolute atomic E-state index is 0.0581. The van der Waals surface area contributed by atoms with Crippen molar-refractivity contribution >= 4 is 23.2 Å². The first-order chi connectivity index (χ1) is 16.9. The molecule has 7 nitrogen and oxygen atoms in total. The number of amides is 2. The number of carbonyl (C=O) groups is 2. The Morgan fingerprint density at radius 3 is 2.29 bits per heavy atom. The van der Waals surface area contributed by atoms with Crippen molar-refractivity contribution in [3.8, 4) is 5.75 Å². The summed E-state index contributed by atoms with van der Waals surface area (Å²) in [6.45, 7) is 2.01. The zero-order valence-electron chi connectivity index (χ0n) is 20.5. The predicted molar refractivity (Wildman–Crippen MR) is 139 cm³/mol. The van der Waals surface area contributed by atoms with Gasteiger partial charge in [-0.15, -0.1) is 0 Å². The number of hydrogen-bond donors (Lipinski definition) is 2. The van der Waals surface area contributed by atoms with Gasteiger partial charge in [-0.05, 0) is 59.5 Å². The van der Waals surface area contributed by atoms with Gasteiger partial charge in [0.25, 0.3) is 0 Å². The summed E-state index contributed by atoms with van der Waals surface area (Å²) in [4.78, 5) is 29.6. The number of nitrogens with zero attached hydrogens (tertiary/aromatic N) is 2. The Balaban J connectivity index is 1.46. The molecule has 1 aliphatic rings. The maximum atomic E-state index is 12.7. The standard InChI is InChI=1S/C28H32N4O3/c1-31(2)24-12-8-21(9-13-24)26(32-17-16-20-6-4-5-7-22(20)19-32)18-29-27(33)28(34)30-23-10-14-25(35-3)15-11-23/h4-15,26H,16-19H2,1-3H3,(H,29,33)(H,30,34). The van der Waals surface area contributed by atoms with Gasteiger partial charge in [0.2, 0.25) is 0 Å². The highest BCUT2D eigenvalue weighted by atomic mass is 16.5. The van der Waals surface area contributed by atoms with Crippen LogP contribution in [0.3, 0.4) is 0 Å². The van der Waals surface area contributed by atoms with Crippen LogP contribution in [0.15, 0.2) is 72.8 Å². The molecule has 0 radical (unpaired) electrons. The van der Waals surface area contributed by atoms with E-state index < -0.39 is 11.8 Å². The predicted octanol–water partition coefficient (Wildman–Crippen LogP) is 3.62. The Bertz CT molecular complexity index is 1160. The van der Waals surface area contributed by atoms with Crippen LogP contribution in [-0.4, -0.2) is 51.0 Å². The van der Waals surface area contributed by atoms with Gasteiger partial charge in [-0.3, -0.25) is 14.5 Å². The number of ether oxygens (including phenoxy) is 1. The van der Waals surface area contributed by atoms with Gasteiger partial charge in [0.1, 0.15) is 5.75 Å². The van der Waals surface area contributed by atoms with E-state index in [1.807, 2.05) is 14.1 Å². The second kappa shape index (κ2) is 11.1. The molecular formula is C28H32N4O3. The molecule has 3 aromatic rings. The lowest BCUT2D eigenvalue weighted by atomic mass is 9.96. The van der Waals surface area contributed by atoms with Gasteiger partial charge in [-0.25, -0.2) is 0 Å². The summed E-state index contributed by atoms with van der Waals surface area (Å²) in [5.41, 5.74) is 5.42. The average molecular weight is 473 g/mol. The third kappa shape index (κ3) is 6.00. The first-order valence-electron chi connectivity index (χ1n) is 11.8. The maximum Gasteiger partial charge on any atom is 0.313 e. The van der Waals surface area contributed by atoms with Gasteiger partial charge in [0, 0.05) is 45.1 Å². The Labute approximate surface area is 206 Å². The summed E-state index contributed by atoms with van der Waals surface area (Å²) < 4.78 is 5.13. The van der Waals surface area contributed by atoms with Crippen LogP contribution in [0, 0.1) is 0 Å². The van der Waals surface area contributed by atoms with Gasteiger partial charge in [-0.1, -0.05) is 36.4 Å². The number of carbonyl (C=O) groups excluding carboxylic acids is 2. The van der Waals surface area contributed by atoms with Crippen LogP contribution in [0.5, 0.6) is 5.75 Å². The number of rotatable bonds is 7. The van der Waals surface area contributed by atoms with Crippen molar-refractivity contribution in [2.75, 3.05) is 44.5 Å². The fourth-order valence-corrected chi connectivity index (χ4v) is 4.37. The monoisotopic (exact) mass is 472 g/mol. The topological polar surface area (TPSA) is 73.9 Å². The third-order valence-electron chi connectivity index (χ3n) is 6.41. The first kappa shape index (κ1) is 24.3. The van der Waals surface area contributed by atoms with Crippen LogP contribution in [-0.2, 0) is 22.6 Å². The molecule has 7 heteroatoms. The zero-order chi connectivity index (χ0) is 24.8. The van der Waals surface area contributed by atoms with Crippen molar-refractivity contribution in [3.05, 3.63) is 89.5 Å². The average Bonchev–Trinajstić information content (AvgIpc) is 2.89. The summed E-state index contributed by atoms with van der Waals surface area (Å²) in [5, 5.41) is 5.50. The second-order valence-corrected chi connectivity index (χ2v) is 8.88. The molecule has 1 atom stereocenters. The van der Waals surface area contributed by atoms with E-state index in [4.69, 9.17) is 4.74 Å². The Hall–Kier alpha value is -3.84. The highest BCUT2D eigenvalue weighted by Gasteiger charge is 2.26. The first-order valence-corrected chi connectivity index (χ1v) is 11.8. The molecule has 0 saturated heterocycles. The lowest BCUT2D eigenvalue weighted by Gasteiger charge is -2.36. The van der Waals surface area contributed by atoms with Gasteiger partial charge >= 0.3 is 11.8 Å². The van der Waals surface area contributed by atoms with Crippen LogP contribution in [0.2, 0.25) is 0 Å². The highest BCUT2D eigenvalue weighted by molar-refractivity contribution is 6.39. The van der Waals surface area contributed by atoms with E-state index in [2.05, 4.69) is 69.0 Å². The normalized spacial score (nSPS) is 13.9. The molecule has 1 aliphatic heterocycles. The number of anilines is 2. The largest absolute Gasteiger partial charge is 0.497 e. The summed E-state index contributed by atoms with van der Waals surface area (Å²) >= 11 is 0. The highest BCUT2D eigenvalue weighted by Crippen LogP contribution is 2.28. The molecule has 0 saturated carbocycles. The number of methoxy groups -OCH3 is 1. The fraction of sp³-hybridized carbons (Fsp3) is 0.286. The van der Waals surface area contributed by atoms with Crippen molar-refractivity contribution < 1.29 is 14.3 Å². The van der Waals surface area contributed by atoms with Crippen molar-refractivity contribution in [3.63, 3.8) is 0 Å². The summed E-state index contributed by atoms with van der Waals surface area (Å²) in [5.74, 6) is -0.673. The van der Waals surface area contributed by atoms with Gasteiger partial charge in [0.15, 0.2) is 0 Å². The zero-order valence-corrected chi connectivity index (χ0v) is 20.5. The number of nitrogens with one attached hydrogen (secondary N) is 2. The SMILES string of the molecule is COc1ccc(NC(=O)C(=O)NCC(c2ccc(N(C)C)cc2)N2CCc3ccccc3C2)cc1. The lowest BCUT2D eigenvalue weighted by molar-refractivity contribution is -0.136. The molecule has 3 aromatic carbocycles. The molecule has 2 amide bonds. The van der Waals surface area contributed by atoms with Crippen LogP contribution >= 0.6 is 0 Å². The number of benzene rings is 3. The number of hydrogen-bond acceptors (Lipinski definition) is 5. The van der Waals surface area contributed by atoms with Gasteiger partial charge < -0.3 is 20.3 Å². The molecule has 2 N–H and O–H groups in total. The van der Waals surface area contributed by atoms with E-state index in [9.17, 15) is 9.59 Å². The molecular weight excluding hydrogens is 440 g/mol. The van der Waals surface area contributed by atoms with Crippen LogP contribution < -0.4 is 20.3 Å². The molecule has 182 valence electrons. The molecule has 1 heterocycles. The molecule has 1 unspecified atom stereocenters. The van der Waals surface area contributed by atoms with Crippen molar-refractivity contribution in [2.45, 2.75) is 19.0 Å². The Morgan fingerprint density at radius 1 is 0.943 bits per heavy atom. The van der Waals surface area contributed by atoms with Crippen molar-refractivity contribution in [1.29, 1.82) is 0 Å². The smallest absolute Gasteiger partial charge is 0.313 e. The fourth-order valence-electron chi connectivity index (χ4n) is 4.37. The molecule has 0 aromatic heterocycles. The van der Waals surface area contributed by atoms with E-state index >= 15 is 0 Å². The quantitative estimate of drug-likeness (QED) is 0.514. The van der Waals surface area contributed by atoms with Gasteiger partial charge in [0.05, 0.1) is 13.2 Å².